The summed E-state index contributed by atoms with van der Waals surface area (Å²) in [5.41, 5.74) is 0.227. The molecule has 0 N–H and O–H groups in total. The maximum Gasteiger partial charge on any atom is 0.190 e. The molecule has 0 aromatic heterocycles. The smallest absolute Gasteiger partial charge is 0.190 e. The van der Waals surface area contributed by atoms with Crippen molar-refractivity contribution in [1.29, 1.82) is 0 Å². The van der Waals surface area contributed by atoms with Gasteiger partial charge in [-0.1, -0.05) is 51.0 Å². The normalized spacial score (nSPS) is 22.3. The van der Waals surface area contributed by atoms with Gasteiger partial charge in [-0.3, -0.25) is 19.3 Å². The lowest BCUT2D eigenvalue weighted by Gasteiger charge is -2.30. The zero-order valence-corrected chi connectivity index (χ0v) is 30.0. The Morgan fingerprint density at radius 3 is 2.37 bits per heavy atom. The Kier molecular flexibility index (Phi) is 11.6. The van der Waals surface area contributed by atoms with Crippen molar-refractivity contribution in [2.24, 2.45) is 5.92 Å². The minimum absolute atomic E-state index is 0.00615. The number of rotatable bonds is 14. The molecule has 3 aliphatic carbocycles. The van der Waals surface area contributed by atoms with Gasteiger partial charge in [-0.25, -0.2) is 16.8 Å². The van der Waals surface area contributed by atoms with E-state index in [2.05, 4.69) is 4.90 Å². The summed E-state index contributed by atoms with van der Waals surface area (Å²) in [6.45, 7) is 8.56. The first-order chi connectivity index (χ1) is 23.4. The van der Waals surface area contributed by atoms with Crippen LogP contribution in [0.1, 0.15) is 69.7 Å². The molecule has 3 atom stereocenters. The highest BCUT2D eigenvalue weighted by Crippen LogP contribution is 2.41. The number of hydrogen-bond donors (Lipinski definition) is 0. The van der Waals surface area contributed by atoms with E-state index < -0.39 is 53.4 Å². The second kappa shape index (κ2) is 15.5. The van der Waals surface area contributed by atoms with Crippen molar-refractivity contribution in [2.75, 3.05) is 32.0 Å². The summed E-state index contributed by atoms with van der Waals surface area (Å²) in [6, 6.07) is 6.56. The Labute approximate surface area is 290 Å². The third-order valence-corrected chi connectivity index (χ3v) is 14.0. The number of nitrogens with zero attached hydrogens (tertiary/aromatic N) is 1. The molecular formula is C38H45NO8S2. The van der Waals surface area contributed by atoms with Crippen molar-refractivity contribution in [2.45, 2.75) is 69.8 Å². The van der Waals surface area contributed by atoms with Gasteiger partial charge in [0.15, 0.2) is 37.0 Å². The quantitative estimate of drug-likeness (QED) is 0.231. The number of ether oxygens (including phenoxy) is 1. The van der Waals surface area contributed by atoms with Gasteiger partial charge in [0.05, 0.1) is 15.9 Å². The van der Waals surface area contributed by atoms with Gasteiger partial charge in [0.1, 0.15) is 17.6 Å². The van der Waals surface area contributed by atoms with E-state index in [1.54, 1.807) is 37.3 Å². The van der Waals surface area contributed by atoms with Crippen molar-refractivity contribution >= 4 is 37.0 Å². The number of ketones is 3. The van der Waals surface area contributed by atoms with E-state index in [1.807, 2.05) is 6.92 Å². The molecule has 4 aliphatic rings. The zero-order chi connectivity index (χ0) is 35.3. The first kappa shape index (κ1) is 36.6. The van der Waals surface area contributed by atoms with E-state index >= 15 is 0 Å². The second-order valence-corrected chi connectivity index (χ2v) is 17.6. The number of carbonyl (C=O) groups is 3. The number of carbonyl (C=O) groups excluding carboxylic acids is 3. The molecule has 0 radical (unpaired) electrons. The van der Waals surface area contributed by atoms with Gasteiger partial charge in [-0.2, -0.15) is 0 Å². The topological polar surface area (TPSA) is 132 Å². The molecule has 5 rings (SSSR count). The number of benzene rings is 1. The van der Waals surface area contributed by atoms with Crippen LogP contribution in [0.3, 0.4) is 0 Å². The minimum Gasteiger partial charge on any atom is -0.492 e. The van der Waals surface area contributed by atoms with Crippen molar-refractivity contribution in [1.82, 2.24) is 4.90 Å². The summed E-state index contributed by atoms with van der Waals surface area (Å²) in [6.07, 6.45) is 14.9. The zero-order valence-electron chi connectivity index (χ0n) is 28.4. The number of fused-ring (bicyclic) bond motifs is 1. The molecule has 0 bridgehead atoms. The average Bonchev–Trinajstić information content (AvgIpc) is 3.10. The monoisotopic (exact) mass is 707 g/mol. The Bertz CT molecular complexity index is 1890. The van der Waals surface area contributed by atoms with Gasteiger partial charge in [0.2, 0.25) is 0 Å². The standard InChI is InChI=1S/C38H45NO8S2/c1-4-6-23-48(43,44)30-17-18-31-28(24-30)25-33(40)35(32-11-10-12-34(38(32)42)49(45,46)26(3)5-2)36(31)37(41)27-13-15-29(16-14-27)47-22-21-39-19-8-7-9-20-39/h10-18,24-26,31,34H,4-9,19-23H2,1-3H3. The lowest BCUT2D eigenvalue weighted by Crippen LogP contribution is -2.38. The molecule has 49 heavy (non-hydrogen) atoms. The predicted octanol–water partition coefficient (Wildman–Crippen LogP) is 5.47. The third-order valence-electron chi connectivity index (χ3n) is 9.69. The van der Waals surface area contributed by atoms with E-state index in [1.165, 1.54) is 62.6 Å². The fraction of sp³-hybridized carbons (Fsp3) is 0.447. The number of Topliss-reactive ketones (excluding diaryl/α,β-unsaturated/α-hetero) is 2. The molecule has 1 heterocycles. The molecule has 1 aromatic carbocycles. The number of allylic oxidation sites excluding steroid dienone is 10. The summed E-state index contributed by atoms with van der Waals surface area (Å²) >= 11 is 0. The van der Waals surface area contributed by atoms with Crippen molar-refractivity contribution in [3.8, 4) is 5.75 Å². The summed E-state index contributed by atoms with van der Waals surface area (Å²) in [5, 5.41) is -2.29. The number of unbranched alkanes of at least 4 members (excludes halogenated alkanes) is 1. The van der Waals surface area contributed by atoms with Crippen LogP contribution < -0.4 is 4.74 Å². The highest BCUT2D eigenvalue weighted by molar-refractivity contribution is 7.95. The number of piperidine rings is 1. The predicted molar refractivity (Wildman–Crippen MR) is 191 cm³/mol. The molecule has 1 fully saturated rings. The lowest BCUT2D eigenvalue weighted by atomic mass is 9.73. The molecule has 1 aromatic rings. The summed E-state index contributed by atoms with van der Waals surface area (Å²) < 4.78 is 58.7. The minimum atomic E-state index is -3.93. The molecule has 0 spiro atoms. The largest absolute Gasteiger partial charge is 0.492 e. The van der Waals surface area contributed by atoms with Gasteiger partial charge >= 0.3 is 0 Å². The summed E-state index contributed by atoms with van der Waals surface area (Å²) in [5.74, 6) is -2.28. The van der Waals surface area contributed by atoms with Crippen LogP contribution in [0.4, 0.5) is 0 Å². The molecule has 3 unspecified atom stereocenters. The molecule has 262 valence electrons. The molecule has 0 saturated carbocycles. The maximum atomic E-state index is 14.4. The van der Waals surface area contributed by atoms with Gasteiger partial charge in [0, 0.05) is 34.7 Å². The van der Waals surface area contributed by atoms with Crippen molar-refractivity contribution < 1.29 is 36.0 Å². The van der Waals surface area contributed by atoms with Crippen LogP contribution in [0.25, 0.3) is 0 Å². The van der Waals surface area contributed by atoms with Crippen LogP contribution >= 0.6 is 0 Å². The maximum absolute atomic E-state index is 14.4. The van der Waals surface area contributed by atoms with Crippen LogP contribution in [0, 0.1) is 5.92 Å². The highest BCUT2D eigenvalue weighted by atomic mass is 32.2. The molecular weight excluding hydrogens is 663 g/mol. The van der Waals surface area contributed by atoms with E-state index in [0.29, 0.717) is 37.2 Å². The summed E-state index contributed by atoms with van der Waals surface area (Å²) in [7, 11) is -7.57. The number of likely N-dealkylation sites (tertiary alicyclic amines) is 1. The Morgan fingerprint density at radius 2 is 1.69 bits per heavy atom. The fourth-order valence-corrected chi connectivity index (χ4v) is 9.75. The van der Waals surface area contributed by atoms with Crippen molar-refractivity contribution in [3.05, 3.63) is 99.6 Å². The first-order valence-corrected chi connectivity index (χ1v) is 20.4. The SMILES string of the molecule is CCCCS(=O)(=O)C1=CC2=CC(=O)C(C3=CC=CC(S(=O)(=O)C(C)CC)C3=O)=C(C(=O)c3ccc(OCCN4CCCCC4)cc3)C2C=C1. The van der Waals surface area contributed by atoms with Gasteiger partial charge in [0.25, 0.3) is 0 Å². The summed E-state index contributed by atoms with van der Waals surface area (Å²) in [4.78, 5) is 44.7. The van der Waals surface area contributed by atoms with Gasteiger partial charge < -0.3 is 4.74 Å². The molecule has 1 aliphatic heterocycles. The fourth-order valence-electron chi connectivity index (χ4n) is 6.55. The Balaban J connectivity index is 1.51. The van der Waals surface area contributed by atoms with E-state index in [-0.39, 0.29) is 32.9 Å². The second-order valence-electron chi connectivity index (χ2n) is 13.0. The van der Waals surface area contributed by atoms with Crippen LogP contribution in [-0.2, 0) is 29.3 Å². The van der Waals surface area contributed by atoms with E-state index in [4.69, 9.17) is 4.74 Å². The van der Waals surface area contributed by atoms with Gasteiger partial charge in [-0.05, 0) is 93.8 Å². The van der Waals surface area contributed by atoms with Crippen molar-refractivity contribution in [3.63, 3.8) is 0 Å². The average molecular weight is 708 g/mol. The Hall–Kier alpha value is -3.67. The van der Waals surface area contributed by atoms with Gasteiger partial charge in [-0.15, -0.1) is 0 Å². The van der Waals surface area contributed by atoms with Crippen LogP contribution in [-0.4, -0.2) is 81.6 Å². The molecule has 11 heteroatoms. The van der Waals surface area contributed by atoms with E-state index in [0.717, 1.165) is 19.6 Å². The molecule has 9 nitrogen and oxygen atoms in total. The first-order valence-electron chi connectivity index (χ1n) is 17.2. The van der Waals surface area contributed by atoms with E-state index in [9.17, 15) is 31.2 Å². The third kappa shape index (κ3) is 7.89. The van der Waals surface area contributed by atoms with Crippen LogP contribution in [0.5, 0.6) is 5.75 Å². The number of hydrogen-bond acceptors (Lipinski definition) is 9. The van der Waals surface area contributed by atoms with Crippen LogP contribution in [0.2, 0.25) is 0 Å². The highest BCUT2D eigenvalue weighted by Gasteiger charge is 2.42. The molecule has 1 saturated heterocycles. The Morgan fingerprint density at radius 1 is 0.980 bits per heavy atom. The number of sulfone groups is 2. The van der Waals surface area contributed by atoms with Crippen LogP contribution in [0.15, 0.2) is 94.0 Å². The molecule has 0 amide bonds. The lowest BCUT2D eigenvalue weighted by molar-refractivity contribution is -0.116.